The highest BCUT2D eigenvalue weighted by Gasteiger charge is 2.26. The van der Waals surface area contributed by atoms with Crippen molar-refractivity contribution in [3.05, 3.63) is 64.7 Å². The number of piperidine rings is 1. The van der Waals surface area contributed by atoms with Crippen molar-refractivity contribution in [2.45, 2.75) is 26.3 Å². The second kappa shape index (κ2) is 7.82. The van der Waals surface area contributed by atoms with Gasteiger partial charge in [0.05, 0.1) is 5.92 Å². The van der Waals surface area contributed by atoms with Crippen molar-refractivity contribution >= 4 is 23.2 Å². The molecule has 0 spiro atoms. The number of amides is 1. The third-order valence-electron chi connectivity index (χ3n) is 4.58. The summed E-state index contributed by atoms with van der Waals surface area (Å²) in [7, 11) is 0. The number of benzene rings is 2. The van der Waals surface area contributed by atoms with Gasteiger partial charge in [0.2, 0.25) is 5.91 Å². The molecule has 0 saturated carbocycles. The Hall–Kier alpha value is -1.84. The van der Waals surface area contributed by atoms with Gasteiger partial charge >= 0.3 is 0 Å². The number of hydrogen-bond acceptors (Lipinski definition) is 2. The molecule has 1 aliphatic heterocycles. The lowest BCUT2D eigenvalue weighted by Crippen LogP contribution is -2.40. The molecule has 0 bridgehead atoms. The van der Waals surface area contributed by atoms with E-state index in [9.17, 15) is 4.79 Å². The number of hydrogen-bond donors (Lipinski definition) is 1. The molecule has 1 N–H and O–H groups in total. The molecule has 1 atom stereocenters. The number of nitrogens with zero attached hydrogens (tertiary/aromatic N) is 1. The third kappa shape index (κ3) is 4.37. The number of likely N-dealkylation sites (tertiary alicyclic amines) is 1. The van der Waals surface area contributed by atoms with E-state index in [1.807, 2.05) is 31.2 Å². The highest BCUT2D eigenvalue weighted by Crippen LogP contribution is 2.24. The SMILES string of the molecule is Cc1ccc(Cl)cc1NC(=O)[C@H]1CCCN(Cc2ccccc2)C1. The van der Waals surface area contributed by atoms with E-state index in [-0.39, 0.29) is 11.8 Å². The normalized spacial score (nSPS) is 18.3. The van der Waals surface area contributed by atoms with Crippen LogP contribution in [0.4, 0.5) is 5.69 Å². The Morgan fingerprint density at radius 1 is 1.25 bits per heavy atom. The van der Waals surface area contributed by atoms with Gasteiger partial charge in [-0.1, -0.05) is 48.0 Å². The van der Waals surface area contributed by atoms with E-state index >= 15 is 0 Å². The van der Waals surface area contributed by atoms with E-state index in [1.54, 1.807) is 0 Å². The topological polar surface area (TPSA) is 32.3 Å². The van der Waals surface area contributed by atoms with Crippen molar-refractivity contribution in [1.29, 1.82) is 0 Å². The Bertz CT molecular complexity index is 702. The van der Waals surface area contributed by atoms with Crippen LogP contribution in [-0.4, -0.2) is 23.9 Å². The Morgan fingerprint density at radius 2 is 2.04 bits per heavy atom. The third-order valence-corrected chi connectivity index (χ3v) is 4.82. The van der Waals surface area contributed by atoms with E-state index in [2.05, 4.69) is 34.5 Å². The molecule has 0 aromatic heterocycles. The fourth-order valence-electron chi connectivity index (χ4n) is 3.22. The minimum atomic E-state index is 0.0286. The molecule has 0 radical (unpaired) electrons. The van der Waals surface area contributed by atoms with E-state index in [0.29, 0.717) is 5.02 Å². The zero-order valence-corrected chi connectivity index (χ0v) is 14.7. The first-order chi connectivity index (χ1) is 11.6. The standard InChI is InChI=1S/C20H23ClN2O/c1-15-9-10-18(21)12-19(15)22-20(24)17-8-5-11-23(14-17)13-16-6-3-2-4-7-16/h2-4,6-7,9-10,12,17H,5,8,11,13-14H2,1H3,(H,22,24)/t17-/m0/s1. The lowest BCUT2D eigenvalue weighted by atomic mass is 9.96. The summed E-state index contributed by atoms with van der Waals surface area (Å²) >= 11 is 6.04. The molecule has 3 rings (SSSR count). The highest BCUT2D eigenvalue weighted by atomic mass is 35.5. The molecule has 2 aromatic rings. The van der Waals surface area contributed by atoms with E-state index in [4.69, 9.17) is 11.6 Å². The predicted octanol–water partition coefficient (Wildman–Crippen LogP) is 4.50. The Morgan fingerprint density at radius 3 is 2.83 bits per heavy atom. The van der Waals surface area contributed by atoms with Gasteiger partial charge in [-0.3, -0.25) is 9.69 Å². The molecule has 1 heterocycles. The van der Waals surface area contributed by atoms with E-state index < -0.39 is 0 Å². The zero-order chi connectivity index (χ0) is 16.9. The van der Waals surface area contributed by atoms with Crippen LogP contribution in [0.15, 0.2) is 48.5 Å². The van der Waals surface area contributed by atoms with Gasteiger partial charge in [0.1, 0.15) is 0 Å². The molecule has 1 saturated heterocycles. The van der Waals surface area contributed by atoms with Gasteiger partial charge in [0.25, 0.3) is 0 Å². The van der Waals surface area contributed by atoms with Crippen molar-refractivity contribution in [1.82, 2.24) is 4.90 Å². The molecule has 24 heavy (non-hydrogen) atoms. The molecule has 0 unspecified atom stereocenters. The summed E-state index contributed by atoms with van der Waals surface area (Å²) in [4.78, 5) is 15.0. The van der Waals surface area contributed by atoms with E-state index in [1.165, 1.54) is 5.56 Å². The van der Waals surface area contributed by atoms with Crippen LogP contribution in [0.5, 0.6) is 0 Å². The van der Waals surface area contributed by atoms with Gasteiger partial charge in [-0.2, -0.15) is 0 Å². The highest BCUT2D eigenvalue weighted by molar-refractivity contribution is 6.31. The van der Waals surface area contributed by atoms with Crippen LogP contribution in [-0.2, 0) is 11.3 Å². The van der Waals surface area contributed by atoms with Crippen LogP contribution >= 0.6 is 11.6 Å². The lowest BCUT2D eigenvalue weighted by Gasteiger charge is -2.32. The first-order valence-electron chi connectivity index (χ1n) is 8.45. The molecule has 3 nitrogen and oxygen atoms in total. The van der Waals surface area contributed by atoms with Crippen LogP contribution in [0.25, 0.3) is 0 Å². The average Bonchev–Trinajstić information content (AvgIpc) is 2.59. The second-order valence-electron chi connectivity index (χ2n) is 6.51. The Balaban J connectivity index is 1.61. The van der Waals surface area contributed by atoms with Crippen LogP contribution < -0.4 is 5.32 Å². The summed E-state index contributed by atoms with van der Waals surface area (Å²) in [5.74, 6) is 0.124. The average molecular weight is 343 g/mol. The molecule has 1 aliphatic rings. The first-order valence-corrected chi connectivity index (χ1v) is 8.83. The smallest absolute Gasteiger partial charge is 0.228 e. The molecule has 1 fully saturated rings. The van der Waals surface area contributed by atoms with Crippen molar-refractivity contribution in [3.8, 4) is 0 Å². The fraction of sp³-hybridized carbons (Fsp3) is 0.350. The minimum Gasteiger partial charge on any atom is -0.326 e. The summed E-state index contributed by atoms with van der Waals surface area (Å²) in [6.07, 6.45) is 2.00. The molecule has 0 aliphatic carbocycles. The fourth-order valence-corrected chi connectivity index (χ4v) is 3.39. The van der Waals surface area contributed by atoms with Crippen molar-refractivity contribution in [3.63, 3.8) is 0 Å². The van der Waals surface area contributed by atoms with E-state index in [0.717, 1.165) is 43.7 Å². The number of nitrogens with one attached hydrogen (secondary N) is 1. The molecular weight excluding hydrogens is 320 g/mol. The lowest BCUT2D eigenvalue weighted by molar-refractivity contribution is -0.121. The predicted molar refractivity (Wildman–Crippen MR) is 99.3 cm³/mol. The van der Waals surface area contributed by atoms with Gasteiger partial charge in [-0.15, -0.1) is 0 Å². The van der Waals surface area contributed by atoms with Gasteiger partial charge in [0, 0.05) is 23.8 Å². The van der Waals surface area contributed by atoms with Gasteiger partial charge in [-0.25, -0.2) is 0 Å². The van der Waals surface area contributed by atoms with Crippen molar-refractivity contribution < 1.29 is 4.79 Å². The quantitative estimate of drug-likeness (QED) is 0.887. The van der Waals surface area contributed by atoms with Gasteiger partial charge in [-0.05, 0) is 49.6 Å². The van der Waals surface area contributed by atoms with Crippen LogP contribution in [0.1, 0.15) is 24.0 Å². The van der Waals surface area contributed by atoms with Crippen LogP contribution in [0, 0.1) is 12.8 Å². The van der Waals surface area contributed by atoms with Crippen LogP contribution in [0.3, 0.4) is 0 Å². The largest absolute Gasteiger partial charge is 0.326 e. The number of carbonyl (C=O) groups is 1. The van der Waals surface area contributed by atoms with Crippen molar-refractivity contribution in [2.75, 3.05) is 18.4 Å². The minimum absolute atomic E-state index is 0.0286. The zero-order valence-electron chi connectivity index (χ0n) is 14.0. The molecule has 1 amide bonds. The number of carbonyl (C=O) groups excluding carboxylic acids is 1. The second-order valence-corrected chi connectivity index (χ2v) is 6.94. The maximum atomic E-state index is 12.6. The number of anilines is 1. The first kappa shape index (κ1) is 17.0. The Labute approximate surface area is 148 Å². The summed E-state index contributed by atoms with van der Waals surface area (Å²) in [5, 5.41) is 3.70. The van der Waals surface area contributed by atoms with Gasteiger partial charge in [0.15, 0.2) is 0 Å². The summed E-state index contributed by atoms with van der Waals surface area (Å²) in [5.41, 5.74) is 3.14. The summed E-state index contributed by atoms with van der Waals surface area (Å²) in [6, 6.07) is 16.0. The molecule has 126 valence electrons. The maximum absolute atomic E-state index is 12.6. The summed E-state index contributed by atoms with van der Waals surface area (Å²) < 4.78 is 0. The Kier molecular flexibility index (Phi) is 5.54. The molecule has 2 aromatic carbocycles. The number of rotatable bonds is 4. The number of halogens is 1. The monoisotopic (exact) mass is 342 g/mol. The maximum Gasteiger partial charge on any atom is 0.228 e. The summed E-state index contributed by atoms with van der Waals surface area (Å²) in [6.45, 7) is 4.74. The van der Waals surface area contributed by atoms with Gasteiger partial charge < -0.3 is 5.32 Å². The molecule has 4 heteroatoms. The van der Waals surface area contributed by atoms with Crippen molar-refractivity contribution in [2.24, 2.45) is 5.92 Å². The van der Waals surface area contributed by atoms with Crippen LogP contribution in [0.2, 0.25) is 5.02 Å². The molecular formula is C20H23ClN2O. The number of aryl methyl sites for hydroxylation is 1.